The Balaban J connectivity index is 1.96. The number of carbonyl (C=O) groups is 2. The molecular weight excluding hydrogens is 368 g/mol. The number of rotatable bonds is 11. The minimum Gasteiger partial charge on any atom is -0.459 e. The first-order valence-electron chi connectivity index (χ1n) is 10.0. The normalized spacial score (nSPS) is 22.1. The van der Waals surface area contributed by atoms with E-state index >= 15 is 0 Å². The lowest BCUT2D eigenvalue weighted by Crippen LogP contribution is -2.33. The van der Waals surface area contributed by atoms with Gasteiger partial charge in [-0.3, -0.25) is 23.9 Å². The number of unbranched alkanes of at least 4 members (excludes halogenated alkanes) is 2. The molecule has 1 aliphatic heterocycles. The fraction of sp³-hybridized carbons (Fsp3) is 0.684. The first-order valence-corrected chi connectivity index (χ1v) is 9.62. The molecule has 1 aromatic rings. The molecule has 0 aromatic carbocycles. The number of nitrogens with zero attached hydrogens (tertiary/aromatic N) is 1. The van der Waals surface area contributed by atoms with E-state index in [1.165, 1.54) is 10.8 Å². The van der Waals surface area contributed by atoms with Crippen molar-refractivity contribution in [3.05, 3.63) is 32.6 Å². The fourth-order valence-electron chi connectivity index (χ4n) is 3.11. The molecule has 1 fully saturated rings. The second kappa shape index (κ2) is 10.3. The molecule has 3 atom stereocenters. The molecular formula is C19H28N2O7. The van der Waals surface area contributed by atoms with Crippen molar-refractivity contribution in [2.75, 3.05) is 6.61 Å². The second-order valence-electron chi connectivity index (χ2n) is 7.03. The zero-order valence-corrected chi connectivity index (χ0v) is 16.3. The minimum absolute atomic E-state index is 0.0252. The van der Waals surface area contributed by atoms with E-state index in [9.17, 15) is 19.2 Å². The highest BCUT2D eigenvalue weighted by atomic mass is 16.6. The zero-order valence-electron chi connectivity index (χ0n) is 17.3. The number of aryl methyl sites for hydroxylation is 1. The monoisotopic (exact) mass is 397 g/mol. The average Bonchev–Trinajstić information content (AvgIpc) is 3.05. The van der Waals surface area contributed by atoms with Gasteiger partial charge in [-0.25, -0.2) is 4.79 Å². The number of aliphatic hydroxyl groups excluding tert-OH is 1. The van der Waals surface area contributed by atoms with Crippen molar-refractivity contribution in [1.29, 1.82) is 1.43 Å². The van der Waals surface area contributed by atoms with Gasteiger partial charge in [0.2, 0.25) is 1.43 Å². The summed E-state index contributed by atoms with van der Waals surface area (Å²) in [5.41, 5.74) is -0.786. The number of esters is 1. The molecule has 1 saturated heterocycles. The van der Waals surface area contributed by atoms with Gasteiger partial charge in [-0.1, -0.05) is 19.8 Å². The number of ether oxygens (including phenoxy) is 2. The third-order valence-electron chi connectivity index (χ3n) is 4.75. The van der Waals surface area contributed by atoms with Crippen LogP contribution in [0.15, 0.2) is 15.8 Å². The van der Waals surface area contributed by atoms with Crippen molar-refractivity contribution in [1.82, 2.24) is 9.55 Å². The lowest BCUT2D eigenvalue weighted by molar-refractivity contribution is -0.154. The molecule has 2 rings (SSSR count). The molecule has 9 heteroatoms. The van der Waals surface area contributed by atoms with Crippen molar-refractivity contribution in [2.24, 2.45) is 0 Å². The van der Waals surface area contributed by atoms with Crippen molar-refractivity contribution in [3.63, 3.8) is 0 Å². The van der Waals surface area contributed by atoms with Crippen LogP contribution in [0.3, 0.4) is 0 Å². The van der Waals surface area contributed by atoms with Crippen LogP contribution < -0.4 is 11.2 Å². The zero-order chi connectivity index (χ0) is 21.4. The van der Waals surface area contributed by atoms with Gasteiger partial charge in [0, 0.05) is 31.0 Å². The Morgan fingerprint density at radius 3 is 2.86 bits per heavy atom. The number of carbonyl (C=O) groups excluding carboxylic acids is 2. The Kier molecular flexibility index (Phi) is 7.55. The molecule has 1 aliphatic rings. The van der Waals surface area contributed by atoms with Gasteiger partial charge >= 0.3 is 11.7 Å². The van der Waals surface area contributed by atoms with Crippen LogP contribution >= 0.6 is 0 Å². The van der Waals surface area contributed by atoms with Gasteiger partial charge in [-0.05, 0) is 13.3 Å². The van der Waals surface area contributed by atoms with Gasteiger partial charge in [0.1, 0.15) is 24.2 Å². The molecule has 156 valence electrons. The number of aromatic nitrogens is 2. The number of nitrogens with one attached hydrogen (secondary N) is 1. The summed E-state index contributed by atoms with van der Waals surface area (Å²) in [7, 11) is 0. The van der Waals surface area contributed by atoms with Crippen LogP contribution in [0.25, 0.3) is 0 Å². The largest absolute Gasteiger partial charge is 0.459 e. The minimum atomic E-state index is -0.772. The molecule has 0 bridgehead atoms. The van der Waals surface area contributed by atoms with E-state index in [1.54, 1.807) is 6.92 Å². The summed E-state index contributed by atoms with van der Waals surface area (Å²) < 4.78 is 19.3. The Morgan fingerprint density at radius 1 is 1.36 bits per heavy atom. The van der Waals surface area contributed by atoms with Gasteiger partial charge in [-0.2, -0.15) is 0 Å². The number of aromatic amines is 1. The van der Waals surface area contributed by atoms with Crippen LogP contribution in [-0.2, 0) is 19.1 Å². The van der Waals surface area contributed by atoms with Crippen molar-refractivity contribution in [2.45, 2.75) is 77.2 Å². The summed E-state index contributed by atoms with van der Waals surface area (Å²) in [5, 5.41) is 4.38. The maximum absolute atomic E-state index is 12.2. The predicted octanol–water partition coefficient (Wildman–Crippen LogP) is 0.966. The molecule has 0 saturated carbocycles. The summed E-state index contributed by atoms with van der Waals surface area (Å²) in [4.78, 5) is 49.8. The third-order valence-corrected chi connectivity index (χ3v) is 4.75. The summed E-state index contributed by atoms with van der Waals surface area (Å²) in [6.45, 7) is 3.46. The highest BCUT2D eigenvalue weighted by molar-refractivity contribution is 5.82. The van der Waals surface area contributed by atoms with E-state index in [0.717, 1.165) is 19.3 Å². The van der Waals surface area contributed by atoms with Crippen LogP contribution in [0.5, 0.6) is 0 Å². The van der Waals surface area contributed by atoms with Crippen LogP contribution in [0.1, 0.15) is 63.7 Å². The number of Topliss-reactive ketones (excluding diaryl/α,β-unsaturated/α-hetero) is 1. The molecule has 1 aromatic heterocycles. The smallest absolute Gasteiger partial charge is 0.330 e. The SMILES string of the molecule is [2H]OC[C@H]1O[C@@H](n2cc(C)c(=O)[nH]c2=O)C[C@H]1OC(=O)CCC(=O)CCCCC. The van der Waals surface area contributed by atoms with Crippen molar-refractivity contribution < 1.29 is 24.2 Å². The number of H-pyrrole nitrogens is 1. The summed E-state index contributed by atoms with van der Waals surface area (Å²) in [6, 6.07) is 0. The summed E-state index contributed by atoms with van der Waals surface area (Å²) in [6.07, 6.45) is 2.68. The van der Waals surface area contributed by atoms with E-state index in [-0.39, 0.29) is 31.7 Å². The van der Waals surface area contributed by atoms with Gasteiger partial charge in [-0.15, -0.1) is 0 Å². The van der Waals surface area contributed by atoms with E-state index in [4.69, 9.17) is 10.9 Å². The van der Waals surface area contributed by atoms with E-state index < -0.39 is 35.7 Å². The van der Waals surface area contributed by atoms with Gasteiger partial charge in [0.15, 0.2) is 0 Å². The van der Waals surface area contributed by atoms with Crippen LogP contribution in [0.4, 0.5) is 0 Å². The topological polar surface area (TPSA) is 128 Å². The fourth-order valence-corrected chi connectivity index (χ4v) is 3.11. The van der Waals surface area contributed by atoms with Crippen LogP contribution in [-0.4, -0.2) is 46.7 Å². The molecule has 0 amide bonds. The standard InChI is InChI=1S/C19H28N2O7/c1-3-4-5-6-13(23)7-8-17(24)28-14-9-16(27-15(14)11-22)21-10-12(2)18(25)20-19(21)26/h10,14-16,22H,3-9,11H2,1-2H3,(H,20,25,26)/t14-,15-,16-/m1/s1/i22D. The first-order chi connectivity index (χ1) is 13.8. The van der Waals surface area contributed by atoms with Crippen molar-refractivity contribution in [3.8, 4) is 0 Å². The lowest BCUT2D eigenvalue weighted by atomic mass is 10.1. The maximum atomic E-state index is 12.2. The average molecular weight is 397 g/mol. The summed E-state index contributed by atoms with van der Waals surface area (Å²) >= 11 is 0. The number of hydrogen-bond donors (Lipinski definition) is 2. The molecule has 0 spiro atoms. The first kappa shape index (κ1) is 20.5. The third kappa shape index (κ3) is 5.87. The molecule has 2 N–H and O–H groups in total. The van der Waals surface area contributed by atoms with Gasteiger partial charge < -0.3 is 14.6 Å². The molecule has 28 heavy (non-hydrogen) atoms. The molecule has 2 heterocycles. The Bertz CT molecular complexity index is 820. The molecule has 0 unspecified atom stereocenters. The van der Waals surface area contributed by atoms with Gasteiger partial charge in [0.05, 0.1) is 13.0 Å². The van der Waals surface area contributed by atoms with Crippen molar-refractivity contribution >= 4 is 11.8 Å². The van der Waals surface area contributed by atoms with E-state index in [2.05, 4.69) is 17.0 Å². The Labute approximate surface area is 164 Å². The van der Waals surface area contributed by atoms with E-state index in [1.807, 2.05) is 0 Å². The second-order valence-corrected chi connectivity index (χ2v) is 7.03. The predicted molar refractivity (Wildman–Crippen MR) is 99.9 cm³/mol. The molecule has 0 aliphatic carbocycles. The highest BCUT2D eigenvalue weighted by Crippen LogP contribution is 2.30. The molecule has 9 nitrogen and oxygen atoms in total. The van der Waals surface area contributed by atoms with E-state index in [0.29, 0.717) is 12.0 Å². The highest BCUT2D eigenvalue weighted by Gasteiger charge is 2.39. The Hall–Kier alpha value is -2.26. The Morgan fingerprint density at radius 2 is 2.14 bits per heavy atom. The lowest BCUT2D eigenvalue weighted by Gasteiger charge is -2.16. The number of hydrogen-bond acceptors (Lipinski definition) is 7. The van der Waals surface area contributed by atoms with Crippen LogP contribution in [0, 0.1) is 6.92 Å². The number of ketones is 1. The maximum Gasteiger partial charge on any atom is 0.330 e. The number of aliphatic hydroxyl groups is 1. The van der Waals surface area contributed by atoms with Gasteiger partial charge in [0.25, 0.3) is 5.56 Å². The molecule has 0 radical (unpaired) electrons. The summed E-state index contributed by atoms with van der Waals surface area (Å²) in [5.74, 6) is -0.514. The quantitative estimate of drug-likeness (QED) is 0.420. The van der Waals surface area contributed by atoms with Crippen LogP contribution in [0.2, 0.25) is 0 Å².